The van der Waals surface area contributed by atoms with Gasteiger partial charge in [-0.3, -0.25) is 4.79 Å². The van der Waals surface area contributed by atoms with E-state index >= 15 is 0 Å². The van der Waals surface area contributed by atoms with Crippen LogP contribution in [0.5, 0.6) is 0 Å². The molecule has 0 radical (unpaired) electrons. The molecular formula is C10H12F3N3O. The van der Waals surface area contributed by atoms with Crippen molar-refractivity contribution in [3.63, 3.8) is 0 Å². The van der Waals surface area contributed by atoms with E-state index in [2.05, 4.69) is 5.32 Å². The van der Waals surface area contributed by atoms with Crippen molar-refractivity contribution in [2.45, 2.75) is 19.1 Å². The minimum absolute atomic E-state index is 0.0899. The summed E-state index contributed by atoms with van der Waals surface area (Å²) in [5.41, 5.74) is 9.77. The zero-order chi connectivity index (χ0) is 13.2. The molecule has 0 fully saturated rings. The number of halogens is 3. The minimum atomic E-state index is -4.44. The van der Waals surface area contributed by atoms with Gasteiger partial charge in [0.1, 0.15) is 6.04 Å². The number of carbonyl (C=O) groups is 1. The zero-order valence-corrected chi connectivity index (χ0v) is 9.01. The summed E-state index contributed by atoms with van der Waals surface area (Å²) in [6.07, 6.45) is -4.44. The van der Waals surface area contributed by atoms with Gasteiger partial charge in [-0.05, 0) is 25.1 Å². The van der Waals surface area contributed by atoms with E-state index in [1.54, 1.807) is 0 Å². The molecule has 0 aliphatic rings. The molecule has 1 unspecified atom stereocenters. The van der Waals surface area contributed by atoms with Crippen LogP contribution in [0, 0.1) is 0 Å². The molecule has 1 rings (SSSR count). The zero-order valence-electron chi connectivity index (χ0n) is 9.01. The molecule has 0 spiro atoms. The van der Waals surface area contributed by atoms with Gasteiger partial charge in [0.05, 0.1) is 16.9 Å². The van der Waals surface area contributed by atoms with Gasteiger partial charge in [0, 0.05) is 0 Å². The van der Waals surface area contributed by atoms with Crippen LogP contribution in [0.2, 0.25) is 0 Å². The summed E-state index contributed by atoms with van der Waals surface area (Å²) >= 11 is 0. The lowest BCUT2D eigenvalue weighted by atomic mass is 10.1. The number of nitrogens with two attached hydrogens (primary N) is 2. The van der Waals surface area contributed by atoms with Gasteiger partial charge in [-0.2, -0.15) is 13.2 Å². The second-order valence-electron chi connectivity index (χ2n) is 3.57. The summed E-state index contributed by atoms with van der Waals surface area (Å²) in [6, 6.07) is 2.13. The van der Waals surface area contributed by atoms with Gasteiger partial charge in [0.15, 0.2) is 0 Å². The van der Waals surface area contributed by atoms with E-state index in [0.717, 1.165) is 18.2 Å². The van der Waals surface area contributed by atoms with Gasteiger partial charge in [-0.1, -0.05) is 0 Å². The highest BCUT2D eigenvalue weighted by atomic mass is 19.4. The first-order chi connectivity index (χ1) is 7.71. The Bertz CT molecular complexity index is 431. The Hall–Kier alpha value is -1.92. The van der Waals surface area contributed by atoms with Crippen LogP contribution in [0.15, 0.2) is 18.2 Å². The smallest absolute Gasteiger partial charge is 0.397 e. The highest BCUT2D eigenvalue weighted by molar-refractivity contribution is 5.84. The van der Waals surface area contributed by atoms with E-state index in [0.29, 0.717) is 0 Å². The number of hydrogen-bond acceptors (Lipinski definition) is 3. The van der Waals surface area contributed by atoms with Crippen LogP contribution in [-0.2, 0) is 11.0 Å². The number of anilines is 2. The molecule has 7 heteroatoms. The van der Waals surface area contributed by atoms with Crippen molar-refractivity contribution in [3.05, 3.63) is 23.8 Å². The van der Waals surface area contributed by atoms with Gasteiger partial charge in [0.2, 0.25) is 5.91 Å². The summed E-state index contributed by atoms with van der Waals surface area (Å²) in [5, 5.41) is 2.62. The monoisotopic (exact) mass is 247 g/mol. The third-order valence-electron chi connectivity index (χ3n) is 2.18. The Kier molecular flexibility index (Phi) is 3.50. The Morgan fingerprint density at radius 1 is 1.41 bits per heavy atom. The first-order valence-electron chi connectivity index (χ1n) is 4.74. The molecule has 0 saturated carbocycles. The molecule has 94 valence electrons. The number of rotatable bonds is 3. The molecule has 17 heavy (non-hydrogen) atoms. The molecule has 0 heterocycles. The van der Waals surface area contributed by atoms with Crippen molar-refractivity contribution in [2.75, 3.05) is 11.1 Å². The largest absolute Gasteiger partial charge is 0.416 e. The molecule has 1 aromatic carbocycles. The topological polar surface area (TPSA) is 81.1 Å². The number of carbonyl (C=O) groups excluding carboxylic acids is 1. The third-order valence-corrected chi connectivity index (χ3v) is 2.18. The Labute approximate surface area is 95.8 Å². The molecule has 0 aromatic heterocycles. The van der Waals surface area contributed by atoms with Crippen LogP contribution < -0.4 is 16.8 Å². The Balaban J connectivity index is 2.95. The maximum absolute atomic E-state index is 12.3. The van der Waals surface area contributed by atoms with E-state index in [4.69, 9.17) is 11.5 Å². The molecule has 4 nitrogen and oxygen atoms in total. The van der Waals surface area contributed by atoms with E-state index < -0.39 is 23.7 Å². The quantitative estimate of drug-likeness (QED) is 0.709. The lowest BCUT2D eigenvalue weighted by Gasteiger charge is -2.15. The minimum Gasteiger partial charge on any atom is -0.397 e. The molecule has 0 bridgehead atoms. The van der Waals surface area contributed by atoms with Gasteiger partial charge in [-0.15, -0.1) is 0 Å². The number of amides is 1. The molecule has 0 aliphatic heterocycles. The maximum atomic E-state index is 12.3. The van der Waals surface area contributed by atoms with Crippen LogP contribution >= 0.6 is 0 Å². The lowest BCUT2D eigenvalue weighted by molar-refractivity contribution is -0.137. The van der Waals surface area contributed by atoms with Gasteiger partial charge < -0.3 is 16.8 Å². The average Bonchev–Trinajstić information content (AvgIpc) is 2.19. The van der Waals surface area contributed by atoms with Gasteiger partial charge >= 0.3 is 6.18 Å². The molecule has 0 saturated heterocycles. The van der Waals surface area contributed by atoms with E-state index in [1.807, 2.05) is 0 Å². The standard InChI is InChI=1S/C10H12F3N3O/c1-5(9(15)17)16-8-3-2-6(4-7(8)14)10(11,12)13/h2-5,16H,14H2,1H3,(H2,15,17). The lowest BCUT2D eigenvalue weighted by Crippen LogP contribution is -2.32. The van der Waals surface area contributed by atoms with Crippen molar-refractivity contribution in [1.29, 1.82) is 0 Å². The summed E-state index contributed by atoms with van der Waals surface area (Å²) in [4.78, 5) is 10.8. The first-order valence-corrected chi connectivity index (χ1v) is 4.74. The Morgan fingerprint density at radius 3 is 2.41 bits per heavy atom. The summed E-state index contributed by atoms with van der Waals surface area (Å²) in [5.74, 6) is -0.621. The summed E-state index contributed by atoms with van der Waals surface area (Å²) < 4.78 is 37.0. The molecule has 1 aromatic rings. The highest BCUT2D eigenvalue weighted by Crippen LogP contribution is 2.32. The van der Waals surface area contributed by atoms with Crippen LogP contribution in [0.25, 0.3) is 0 Å². The first kappa shape index (κ1) is 13.1. The fraction of sp³-hybridized carbons (Fsp3) is 0.300. The van der Waals surface area contributed by atoms with Gasteiger partial charge in [-0.25, -0.2) is 0 Å². The van der Waals surface area contributed by atoms with Crippen LogP contribution in [-0.4, -0.2) is 11.9 Å². The Morgan fingerprint density at radius 2 is 2.00 bits per heavy atom. The highest BCUT2D eigenvalue weighted by Gasteiger charge is 2.30. The number of primary amides is 1. The van der Waals surface area contributed by atoms with Crippen molar-refractivity contribution in [2.24, 2.45) is 5.73 Å². The normalized spacial score (nSPS) is 13.2. The number of benzene rings is 1. The third kappa shape index (κ3) is 3.27. The number of hydrogen-bond donors (Lipinski definition) is 3. The fourth-order valence-corrected chi connectivity index (χ4v) is 1.17. The molecular weight excluding hydrogens is 235 g/mol. The predicted molar refractivity (Wildman–Crippen MR) is 58.1 cm³/mol. The van der Waals surface area contributed by atoms with Gasteiger partial charge in [0.25, 0.3) is 0 Å². The van der Waals surface area contributed by atoms with Crippen LogP contribution in [0.3, 0.4) is 0 Å². The molecule has 1 atom stereocenters. The second kappa shape index (κ2) is 4.52. The van der Waals surface area contributed by atoms with E-state index in [9.17, 15) is 18.0 Å². The van der Waals surface area contributed by atoms with Crippen LogP contribution in [0.4, 0.5) is 24.5 Å². The number of nitrogen functional groups attached to an aromatic ring is 1. The average molecular weight is 247 g/mol. The second-order valence-corrected chi connectivity index (χ2v) is 3.57. The SMILES string of the molecule is CC(Nc1ccc(C(F)(F)F)cc1N)C(N)=O. The number of nitrogens with one attached hydrogen (secondary N) is 1. The van der Waals surface area contributed by atoms with Crippen molar-refractivity contribution < 1.29 is 18.0 Å². The summed E-state index contributed by atoms with van der Waals surface area (Å²) in [6.45, 7) is 1.49. The number of alkyl halides is 3. The van der Waals surface area contributed by atoms with Crippen LogP contribution in [0.1, 0.15) is 12.5 Å². The molecule has 5 N–H and O–H groups in total. The van der Waals surface area contributed by atoms with E-state index in [1.165, 1.54) is 6.92 Å². The van der Waals surface area contributed by atoms with Crippen molar-refractivity contribution >= 4 is 17.3 Å². The summed E-state index contributed by atoms with van der Waals surface area (Å²) in [7, 11) is 0. The maximum Gasteiger partial charge on any atom is 0.416 e. The molecule has 1 amide bonds. The fourth-order valence-electron chi connectivity index (χ4n) is 1.17. The molecule has 0 aliphatic carbocycles. The van der Waals surface area contributed by atoms with Crippen molar-refractivity contribution in [3.8, 4) is 0 Å². The van der Waals surface area contributed by atoms with E-state index in [-0.39, 0.29) is 11.4 Å². The predicted octanol–water partition coefficient (Wildman–Crippen LogP) is 1.57. The van der Waals surface area contributed by atoms with Crippen molar-refractivity contribution in [1.82, 2.24) is 0 Å².